The van der Waals surface area contributed by atoms with Gasteiger partial charge in [0.15, 0.2) is 5.84 Å². The van der Waals surface area contributed by atoms with Gasteiger partial charge in [0.1, 0.15) is 0 Å². The number of hydrogen-bond acceptors (Lipinski definition) is 3. The molecule has 0 N–H and O–H groups in total. The lowest BCUT2D eigenvalue weighted by Gasteiger charge is -2.30. The van der Waals surface area contributed by atoms with E-state index in [0.717, 1.165) is 57.2 Å². The van der Waals surface area contributed by atoms with Crippen LogP contribution in [-0.4, -0.2) is 16.5 Å². The fraction of sp³-hybridized carbons (Fsp3) is 0.0702. The van der Waals surface area contributed by atoms with Crippen LogP contribution in [0, 0.1) is 5.92 Å². The first-order chi connectivity index (χ1) is 29.7. The van der Waals surface area contributed by atoms with Crippen molar-refractivity contribution in [3.63, 3.8) is 0 Å². The number of benzene rings is 8. The molecule has 0 saturated carbocycles. The van der Waals surface area contributed by atoms with Crippen molar-refractivity contribution >= 4 is 22.3 Å². The second-order valence-corrected chi connectivity index (χ2v) is 15.4. The van der Waals surface area contributed by atoms with Crippen molar-refractivity contribution in [2.24, 2.45) is 15.9 Å². The van der Waals surface area contributed by atoms with Gasteiger partial charge < -0.3 is 0 Å². The molecule has 0 bridgehead atoms. The summed E-state index contributed by atoms with van der Waals surface area (Å²) in [5.74, 6) is 0.948. The van der Waals surface area contributed by atoms with E-state index in [1.807, 2.05) is 12.1 Å². The molecule has 0 radical (unpaired) electrons. The monoisotopic (exact) mass is 769 g/mol. The van der Waals surface area contributed by atoms with Crippen LogP contribution in [0.15, 0.2) is 228 Å². The van der Waals surface area contributed by atoms with Crippen molar-refractivity contribution in [3.05, 3.63) is 235 Å². The lowest BCUT2D eigenvalue weighted by Crippen LogP contribution is -2.28. The molecule has 10 rings (SSSR count). The van der Waals surface area contributed by atoms with E-state index in [0.29, 0.717) is 0 Å². The average Bonchev–Trinajstić information content (AvgIpc) is 3.34. The molecular weight excluding hydrogens is 727 g/mol. The summed E-state index contributed by atoms with van der Waals surface area (Å²) in [6.07, 6.45) is 0.935. The maximum Gasteiger partial charge on any atom is 0.155 e. The van der Waals surface area contributed by atoms with Gasteiger partial charge in [0.05, 0.1) is 23.1 Å². The normalized spacial score (nSPS) is 15.0. The van der Waals surface area contributed by atoms with Gasteiger partial charge in [-0.2, -0.15) is 0 Å². The molecule has 1 aliphatic heterocycles. The summed E-state index contributed by atoms with van der Waals surface area (Å²) < 4.78 is 0. The van der Waals surface area contributed by atoms with E-state index in [2.05, 4.69) is 213 Å². The highest BCUT2D eigenvalue weighted by molar-refractivity contribution is 6.15. The zero-order chi connectivity index (χ0) is 40.3. The van der Waals surface area contributed by atoms with Crippen LogP contribution in [0.3, 0.4) is 0 Å². The van der Waals surface area contributed by atoms with Gasteiger partial charge in [0, 0.05) is 22.6 Å². The average molecular weight is 770 g/mol. The fourth-order valence-corrected chi connectivity index (χ4v) is 8.66. The lowest BCUT2D eigenvalue weighted by atomic mass is 9.82. The van der Waals surface area contributed by atoms with Crippen LogP contribution in [-0.2, 0) is 0 Å². The Balaban J connectivity index is 0.978. The van der Waals surface area contributed by atoms with Gasteiger partial charge in [-0.25, -0.2) is 9.98 Å². The number of aromatic nitrogens is 1. The maximum atomic E-state index is 5.27. The molecule has 2 unspecified atom stereocenters. The molecule has 286 valence electrons. The summed E-state index contributed by atoms with van der Waals surface area (Å²) >= 11 is 0. The Labute approximate surface area is 352 Å². The molecule has 3 nitrogen and oxygen atoms in total. The van der Waals surface area contributed by atoms with Crippen molar-refractivity contribution in [2.45, 2.75) is 19.4 Å². The van der Waals surface area contributed by atoms with E-state index in [1.165, 1.54) is 44.2 Å². The Morgan fingerprint density at radius 1 is 0.383 bits per heavy atom. The van der Waals surface area contributed by atoms with Crippen LogP contribution in [0.25, 0.3) is 66.7 Å². The standard InChI is InChI=1S/C57H43N3/c1-2-48-55(44-21-11-5-12-22-44)59-57(46-23-13-6-14-24-46)60-56(48)45-35-31-41(32-36-45)50-26-16-27-51-49(25-15-28-52(50)51)40-29-33-43(34-30-40)54-38-47(39-17-7-3-8-18-39)37-53(58-54)42-19-9-4-10-20-42/h3-38,48,55H,2H2,1H3. The number of rotatable bonds is 9. The molecule has 1 aliphatic rings. The smallest absolute Gasteiger partial charge is 0.155 e. The Kier molecular flexibility index (Phi) is 10.1. The highest BCUT2D eigenvalue weighted by Gasteiger charge is 2.31. The summed E-state index contributed by atoms with van der Waals surface area (Å²) in [6.45, 7) is 2.25. The van der Waals surface area contributed by atoms with E-state index in [4.69, 9.17) is 15.0 Å². The van der Waals surface area contributed by atoms with Crippen LogP contribution in [0.4, 0.5) is 0 Å². The third-order valence-electron chi connectivity index (χ3n) is 11.7. The summed E-state index contributed by atoms with van der Waals surface area (Å²) in [7, 11) is 0. The topological polar surface area (TPSA) is 37.6 Å². The second-order valence-electron chi connectivity index (χ2n) is 15.4. The number of nitrogens with zero attached hydrogens (tertiary/aromatic N) is 3. The number of fused-ring (bicyclic) bond motifs is 1. The first-order valence-corrected chi connectivity index (χ1v) is 20.8. The maximum absolute atomic E-state index is 5.27. The number of aliphatic imine (C=N–C) groups is 2. The zero-order valence-corrected chi connectivity index (χ0v) is 33.5. The van der Waals surface area contributed by atoms with Gasteiger partial charge in [-0.1, -0.05) is 213 Å². The van der Waals surface area contributed by atoms with Crippen molar-refractivity contribution in [1.82, 2.24) is 4.98 Å². The predicted octanol–water partition coefficient (Wildman–Crippen LogP) is 14.6. The minimum atomic E-state index is -0.00776. The van der Waals surface area contributed by atoms with Crippen LogP contribution in [0.1, 0.15) is 36.1 Å². The molecule has 0 saturated heterocycles. The highest BCUT2D eigenvalue weighted by Crippen LogP contribution is 2.39. The molecule has 9 aromatic rings. The molecule has 2 atom stereocenters. The van der Waals surface area contributed by atoms with E-state index in [9.17, 15) is 0 Å². The van der Waals surface area contributed by atoms with Gasteiger partial charge in [-0.05, 0) is 73.8 Å². The summed E-state index contributed by atoms with van der Waals surface area (Å²) in [6, 6.07) is 77.6. The molecule has 60 heavy (non-hydrogen) atoms. The molecule has 0 spiro atoms. The fourth-order valence-electron chi connectivity index (χ4n) is 8.66. The van der Waals surface area contributed by atoms with E-state index >= 15 is 0 Å². The third-order valence-corrected chi connectivity index (χ3v) is 11.7. The van der Waals surface area contributed by atoms with Crippen LogP contribution in [0.2, 0.25) is 0 Å². The van der Waals surface area contributed by atoms with Gasteiger partial charge in [0.2, 0.25) is 0 Å². The molecule has 2 heterocycles. The molecule has 8 aromatic carbocycles. The highest BCUT2D eigenvalue weighted by atomic mass is 15.0. The third kappa shape index (κ3) is 7.27. The summed E-state index contributed by atoms with van der Waals surface area (Å²) in [4.78, 5) is 15.7. The molecule has 0 amide bonds. The number of pyridine rings is 1. The van der Waals surface area contributed by atoms with Crippen molar-refractivity contribution in [2.75, 3.05) is 0 Å². The van der Waals surface area contributed by atoms with Crippen molar-refractivity contribution in [3.8, 4) is 55.9 Å². The van der Waals surface area contributed by atoms with Gasteiger partial charge in [0.25, 0.3) is 0 Å². The molecule has 1 aromatic heterocycles. The Morgan fingerprint density at radius 2 is 0.833 bits per heavy atom. The minimum Gasteiger partial charge on any atom is -0.257 e. The van der Waals surface area contributed by atoms with Gasteiger partial charge >= 0.3 is 0 Å². The van der Waals surface area contributed by atoms with Crippen molar-refractivity contribution in [1.29, 1.82) is 0 Å². The molecule has 3 heteroatoms. The van der Waals surface area contributed by atoms with E-state index < -0.39 is 0 Å². The Morgan fingerprint density at radius 3 is 1.37 bits per heavy atom. The first-order valence-electron chi connectivity index (χ1n) is 20.8. The lowest BCUT2D eigenvalue weighted by molar-refractivity contribution is 0.532. The number of hydrogen-bond donors (Lipinski definition) is 0. The Bertz CT molecular complexity index is 2910. The van der Waals surface area contributed by atoms with Crippen LogP contribution in [0.5, 0.6) is 0 Å². The van der Waals surface area contributed by atoms with Crippen molar-refractivity contribution < 1.29 is 0 Å². The number of amidine groups is 1. The predicted molar refractivity (Wildman–Crippen MR) is 251 cm³/mol. The van der Waals surface area contributed by atoms with Gasteiger partial charge in [-0.15, -0.1) is 0 Å². The summed E-state index contributed by atoms with van der Waals surface area (Å²) in [5, 5.41) is 2.44. The molecule has 0 aliphatic carbocycles. The quantitative estimate of drug-likeness (QED) is 0.144. The van der Waals surface area contributed by atoms with E-state index in [-0.39, 0.29) is 12.0 Å². The van der Waals surface area contributed by atoms with Crippen LogP contribution < -0.4 is 0 Å². The van der Waals surface area contributed by atoms with Gasteiger partial charge in [-0.3, -0.25) is 4.99 Å². The Hall–Kier alpha value is -7.49. The second kappa shape index (κ2) is 16.4. The zero-order valence-electron chi connectivity index (χ0n) is 33.5. The first kappa shape index (κ1) is 36.8. The summed E-state index contributed by atoms with van der Waals surface area (Å²) in [5.41, 5.74) is 15.7. The molecule has 0 fully saturated rings. The minimum absolute atomic E-state index is 0.00776. The largest absolute Gasteiger partial charge is 0.257 e. The SMILES string of the molecule is CCC1C(c2ccc(-c3cccc4c(-c5ccc(-c6cc(-c7ccccc7)cc(-c7ccccc7)n6)cc5)cccc34)cc2)=NC(c2ccccc2)=NC1c1ccccc1. The van der Waals surface area contributed by atoms with Crippen LogP contribution >= 0.6 is 0 Å². The molecular formula is C57H43N3. The van der Waals surface area contributed by atoms with E-state index in [1.54, 1.807) is 0 Å².